The van der Waals surface area contributed by atoms with Crippen LogP contribution in [0, 0.1) is 0 Å². The maximum absolute atomic E-state index is 12.3. The second-order valence-electron chi connectivity index (χ2n) is 5.37. The molecule has 0 N–H and O–H groups in total. The van der Waals surface area contributed by atoms with Gasteiger partial charge in [-0.15, -0.1) is 16.9 Å². The molecule has 1 aromatic heterocycles. The van der Waals surface area contributed by atoms with Gasteiger partial charge in [0, 0.05) is 31.1 Å². The topological polar surface area (TPSA) is 84.2 Å². The molecule has 3 rings (SSSR count). The molecule has 9 heteroatoms. The van der Waals surface area contributed by atoms with Gasteiger partial charge in [-0.2, -0.15) is 0 Å². The van der Waals surface area contributed by atoms with Crippen molar-refractivity contribution in [2.24, 2.45) is 0 Å². The van der Waals surface area contributed by atoms with Gasteiger partial charge in [0.1, 0.15) is 12.9 Å². The molecule has 0 unspecified atom stereocenters. The number of rotatable bonds is 5. The van der Waals surface area contributed by atoms with E-state index in [1.807, 2.05) is 35.2 Å². The van der Waals surface area contributed by atoms with Gasteiger partial charge in [0.05, 0.1) is 5.75 Å². The summed E-state index contributed by atoms with van der Waals surface area (Å²) in [5.41, 5.74) is 0. The highest BCUT2D eigenvalue weighted by Crippen LogP contribution is 2.17. The predicted octanol–water partition coefficient (Wildman–Crippen LogP) is 0.136. The SMILES string of the molecule is O=C(CSc1ccccc1)N1CCN(C(=O)Cn2cnnn2)CC1. The van der Waals surface area contributed by atoms with Gasteiger partial charge in [-0.3, -0.25) is 9.59 Å². The van der Waals surface area contributed by atoms with Crippen LogP contribution in [-0.4, -0.2) is 73.8 Å². The maximum atomic E-state index is 12.3. The molecule has 1 saturated heterocycles. The maximum Gasteiger partial charge on any atom is 0.244 e. The van der Waals surface area contributed by atoms with Crippen molar-refractivity contribution in [3.63, 3.8) is 0 Å². The van der Waals surface area contributed by atoms with Crippen LogP contribution < -0.4 is 0 Å². The number of tetrazole rings is 1. The predicted molar refractivity (Wildman–Crippen MR) is 88.1 cm³/mol. The molecule has 24 heavy (non-hydrogen) atoms. The Bertz CT molecular complexity index is 671. The Hall–Kier alpha value is -2.42. The van der Waals surface area contributed by atoms with Crippen molar-refractivity contribution in [3.8, 4) is 0 Å². The highest BCUT2D eigenvalue weighted by Gasteiger charge is 2.24. The van der Waals surface area contributed by atoms with Crippen LogP contribution in [-0.2, 0) is 16.1 Å². The standard InChI is InChI=1S/C15H18N6O2S/c22-14(10-21-12-16-17-18-21)19-6-8-20(9-7-19)15(23)11-24-13-4-2-1-3-5-13/h1-5,12H,6-11H2. The van der Waals surface area contributed by atoms with Crippen LogP contribution in [0.1, 0.15) is 0 Å². The summed E-state index contributed by atoms with van der Waals surface area (Å²) < 4.78 is 1.40. The van der Waals surface area contributed by atoms with E-state index < -0.39 is 0 Å². The second-order valence-corrected chi connectivity index (χ2v) is 6.42. The largest absolute Gasteiger partial charge is 0.338 e. The molecule has 0 saturated carbocycles. The monoisotopic (exact) mass is 346 g/mol. The summed E-state index contributed by atoms with van der Waals surface area (Å²) in [4.78, 5) is 29.1. The minimum absolute atomic E-state index is 0.0342. The number of carbonyl (C=O) groups is 2. The number of thioether (sulfide) groups is 1. The smallest absolute Gasteiger partial charge is 0.244 e. The van der Waals surface area contributed by atoms with E-state index in [2.05, 4.69) is 15.5 Å². The number of piperazine rings is 1. The van der Waals surface area contributed by atoms with Gasteiger partial charge in [0.2, 0.25) is 11.8 Å². The number of nitrogens with zero attached hydrogens (tertiary/aromatic N) is 6. The van der Waals surface area contributed by atoms with E-state index in [1.54, 1.807) is 4.90 Å². The lowest BCUT2D eigenvalue weighted by Gasteiger charge is -2.34. The van der Waals surface area contributed by atoms with Gasteiger partial charge in [0.15, 0.2) is 0 Å². The van der Waals surface area contributed by atoms with E-state index in [0.717, 1.165) is 4.90 Å². The summed E-state index contributed by atoms with van der Waals surface area (Å²) in [5.74, 6) is 0.493. The molecule has 1 fully saturated rings. The minimum Gasteiger partial charge on any atom is -0.338 e. The normalized spacial score (nSPS) is 14.7. The molecule has 0 bridgehead atoms. The van der Waals surface area contributed by atoms with E-state index in [-0.39, 0.29) is 18.4 Å². The molecule has 0 aliphatic carbocycles. The zero-order valence-electron chi connectivity index (χ0n) is 13.1. The lowest BCUT2D eigenvalue weighted by atomic mass is 10.3. The van der Waals surface area contributed by atoms with Crippen LogP contribution in [0.3, 0.4) is 0 Å². The fourth-order valence-electron chi connectivity index (χ4n) is 2.45. The fraction of sp³-hybridized carbons (Fsp3) is 0.400. The van der Waals surface area contributed by atoms with Crippen molar-refractivity contribution in [1.29, 1.82) is 0 Å². The average molecular weight is 346 g/mol. The molecular weight excluding hydrogens is 328 g/mol. The van der Waals surface area contributed by atoms with E-state index in [1.165, 1.54) is 22.8 Å². The van der Waals surface area contributed by atoms with Crippen molar-refractivity contribution >= 4 is 23.6 Å². The molecule has 2 aromatic rings. The summed E-state index contributed by atoms with van der Waals surface area (Å²) >= 11 is 1.53. The number of benzene rings is 1. The minimum atomic E-state index is -0.0342. The molecule has 8 nitrogen and oxygen atoms in total. The third-order valence-electron chi connectivity index (χ3n) is 3.78. The van der Waals surface area contributed by atoms with Crippen LogP contribution >= 0.6 is 11.8 Å². The third-order valence-corrected chi connectivity index (χ3v) is 4.78. The van der Waals surface area contributed by atoms with Gasteiger partial charge in [-0.1, -0.05) is 18.2 Å². The molecule has 1 aliphatic heterocycles. The van der Waals surface area contributed by atoms with Gasteiger partial charge < -0.3 is 9.80 Å². The van der Waals surface area contributed by atoms with Crippen molar-refractivity contribution in [2.45, 2.75) is 11.4 Å². The van der Waals surface area contributed by atoms with Crippen molar-refractivity contribution < 1.29 is 9.59 Å². The zero-order valence-corrected chi connectivity index (χ0v) is 13.9. The van der Waals surface area contributed by atoms with E-state index >= 15 is 0 Å². The van der Waals surface area contributed by atoms with Gasteiger partial charge in [-0.05, 0) is 22.6 Å². The lowest BCUT2D eigenvalue weighted by Crippen LogP contribution is -2.51. The van der Waals surface area contributed by atoms with E-state index in [0.29, 0.717) is 31.9 Å². The Labute approximate surface area is 143 Å². The zero-order chi connectivity index (χ0) is 16.8. The van der Waals surface area contributed by atoms with Crippen LogP contribution in [0.4, 0.5) is 0 Å². The van der Waals surface area contributed by atoms with Crippen LogP contribution in [0.25, 0.3) is 0 Å². The second kappa shape index (κ2) is 7.91. The molecule has 0 atom stereocenters. The number of hydrogen-bond acceptors (Lipinski definition) is 6. The number of carbonyl (C=O) groups excluding carboxylic acids is 2. The summed E-state index contributed by atoms with van der Waals surface area (Å²) in [6.07, 6.45) is 1.42. The van der Waals surface area contributed by atoms with Gasteiger partial charge >= 0.3 is 0 Å². The average Bonchev–Trinajstić information content (AvgIpc) is 3.13. The molecule has 1 aliphatic rings. The molecule has 2 amide bonds. The molecule has 2 heterocycles. The lowest BCUT2D eigenvalue weighted by molar-refractivity contribution is -0.138. The number of amides is 2. The van der Waals surface area contributed by atoms with Crippen LogP contribution in [0.5, 0.6) is 0 Å². The first-order valence-corrected chi connectivity index (χ1v) is 8.65. The van der Waals surface area contributed by atoms with Gasteiger partial charge in [-0.25, -0.2) is 4.68 Å². The highest BCUT2D eigenvalue weighted by atomic mass is 32.2. The van der Waals surface area contributed by atoms with Crippen molar-refractivity contribution in [1.82, 2.24) is 30.0 Å². The fourth-order valence-corrected chi connectivity index (χ4v) is 3.27. The summed E-state index contributed by atoms with van der Waals surface area (Å²) in [6.45, 7) is 2.35. The Morgan fingerprint density at radius 1 is 1.00 bits per heavy atom. The first kappa shape index (κ1) is 16.4. The van der Waals surface area contributed by atoms with E-state index in [9.17, 15) is 9.59 Å². The van der Waals surface area contributed by atoms with Crippen LogP contribution in [0.2, 0.25) is 0 Å². The molecule has 126 valence electrons. The van der Waals surface area contributed by atoms with Gasteiger partial charge in [0.25, 0.3) is 0 Å². The van der Waals surface area contributed by atoms with Crippen molar-refractivity contribution in [2.75, 3.05) is 31.9 Å². The molecule has 0 radical (unpaired) electrons. The molecule has 0 spiro atoms. The Morgan fingerprint density at radius 2 is 1.67 bits per heavy atom. The summed E-state index contributed by atoms with van der Waals surface area (Å²) in [6, 6.07) is 9.86. The Kier molecular flexibility index (Phi) is 5.42. The van der Waals surface area contributed by atoms with E-state index in [4.69, 9.17) is 0 Å². The quantitative estimate of drug-likeness (QED) is 0.716. The summed E-state index contributed by atoms with van der Waals surface area (Å²) in [5, 5.41) is 10.7. The number of hydrogen-bond donors (Lipinski definition) is 0. The first-order valence-electron chi connectivity index (χ1n) is 7.66. The summed E-state index contributed by atoms with van der Waals surface area (Å²) in [7, 11) is 0. The molecular formula is C15H18N6O2S. The third kappa shape index (κ3) is 4.31. The van der Waals surface area contributed by atoms with Crippen LogP contribution in [0.15, 0.2) is 41.6 Å². The Morgan fingerprint density at radius 3 is 2.29 bits per heavy atom. The first-order chi connectivity index (χ1) is 11.7. The highest BCUT2D eigenvalue weighted by molar-refractivity contribution is 8.00. The van der Waals surface area contributed by atoms with Crippen molar-refractivity contribution in [3.05, 3.63) is 36.7 Å². The molecule has 1 aromatic carbocycles. The Balaban J connectivity index is 1.42. The number of aromatic nitrogens is 4.